The number of allylic oxidation sites excluding steroid dienone is 1. The van der Waals surface area contributed by atoms with Gasteiger partial charge < -0.3 is 14.5 Å². The Morgan fingerprint density at radius 3 is 2.58 bits per heavy atom. The number of carbonyl (C=O) groups excluding carboxylic acids is 1. The van der Waals surface area contributed by atoms with Crippen LogP contribution in [0.1, 0.15) is 25.0 Å². The zero-order chi connectivity index (χ0) is 23.4. The summed E-state index contributed by atoms with van der Waals surface area (Å²) in [4.78, 5) is 12.6. The van der Waals surface area contributed by atoms with Crippen LogP contribution >= 0.6 is 23.2 Å². The van der Waals surface area contributed by atoms with Gasteiger partial charge in [0.2, 0.25) is 5.91 Å². The van der Waals surface area contributed by atoms with Gasteiger partial charge in [-0.15, -0.1) is 0 Å². The first-order chi connectivity index (χ1) is 16.0. The van der Waals surface area contributed by atoms with E-state index in [-0.39, 0.29) is 5.91 Å². The second-order valence-electron chi connectivity index (χ2n) is 7.57. The molecule has 0 aliphatic carbocycles. The molecule has 0 saturated carbocycles. The summed E-state index contributed by atoms with van der Waals surface area (Å²) in [5, 5.41) is 5.12. The van der Waals surface area contributed by atoms with Crippen molar-refractivity contribution in [1.29, 1.82) is 0 Å². The van der Waals surface area contributed by atoms with Gasteiger partial charge in [0.15, 0.2) is 0 Å². The zero-order valence-electron chi connectivity index (χ0n) is 18.3. The molecule has 0 spiro atoms. The van der Waals surface area contributed by atoms with E-state index in [1.807, 2.05) is 68.4 Å². The second-order valence-corrected chi connectivity index (χ2v) is 8.41. The summed E-state index contributed by atoms with van der Waals surface area (Å²) in [5.41, 5.74) is 5.12. The van der Waals surface area contributed by atoms with E-state index in [4.69, 9.17) is 32.4 Å². The first-order valence-corrected chi connectivity index (χ1v) is 11.4. The van der Waals surface area contributed by atoms with Crippen molar-refractivity contribution in [3.8, 4) is 16.9 Å². The van der Waals surface area contributed by atoms with E-state index < -0.39 is 0 Å². The molecule has 0 unspecified atom stereocenters. The van der Waals surface area contributed by atoms with Crippen molar-refractivity contribution < 1.29 is 13.9 Å². The third-order valence-corrected chi connectivity index (χ3v) is 5.93. The lowest BCUT2D eigenvalue weighted by Crippen LogP contribution is -2.20. The third-order valence-electron chi connectivity index (χ3n) is 5.31. The second kappa shape index (κ2) is 10.2. The van der Waals surface area contributed by atoms with E-state index in [2.05, 4.69) is 5.32 Å². The maximum absolute atomic E-state index is 12.6. The normalized spacial score (nSPS) is 11.6. The highest BCUT2D eigenvalue weighted by atomic mass is 35.5. The van der Waals surface area contributed by atoms with Crippen molar-refractivity contribution in [2.45, 2.75) is 20.4 Å². The average molecular weight is 480 g/mol. The Balaban J connectivity index is 1.66. The molecule has 33 heavy (non-hydrogen) atoms. The van der Waals surface area contributed by atoms with Crippen molar-refractivity contribution in [3.05, 3.63) is 94.2 Å². The van der Waals surface area contributed by atoms with Crippen molar-refractivity contribution in [3.63, 3.8) is 0 Å². The van der Waals surface area contributed by atoms with Gasteiger partial charge in [0.05, 0.1) is 12.9 Å². The number of fused-ring (bicyclic) bond motifs is 1. The molecule has 0 aliphatic rings. The fourth-order valence-corrected chi connectivity index (χ4v) is 3.97. The van der Waals surface area contributed by atoms with Gasteiger partial charge in [0, 0.05) is 45.2 Å². The van der Waals surface area contributed by atoms with Crippen LogP contribution in [-0.2, 0) is 11.3 Å². The Bertz CT molecular complexity index is 1320. The van der Waals surface area contributed by atoms with Crippen LogP contribution in [0.4, 0.5) is 0 Å². The molecule has 1 amide bonds. The summed E-state index contributed by atoms with van der Waals surface area (Å²) in [6.07, 6.45) is 3.30. The van der Waals surface area contributed by atoms with Crippen LogP contribution in [0.3, 0.4) is 0 Å². The lowest BCUT2D eigenvalue weighted by molar-refractivity contribution is -0.116. The fourth-order valence-electron chi connectivity index (χ4n) is 3.64. The maximum Gasteiger partial charge on any atom is 0.244 e. The minimum absolute atomic E-state index is 0.208. The summed E-state index contributed by atoms with van der Waals surface area (Å²) in [5.74, 6) is 0.453. The molecule has 1 aromatic heterocycles. The molecule has 0 fully saturated rings. The van der Waals surface area contributed by atoms with Gasteiger partial charge in [-0.25, -0.2) is 0 Å². The number of hydrogen-bond donors (Lipinski definition) is 1. The highest BCUT2D eigenvalue weighted by Gasteiger charge is 2.15. The van der Waals surface area contributed by atoms with Gasteiger partial charge >= 0.3 is 0 Å². The average Bonchev–Trinajstić information content (AvgIpc) is 3.21. The first-order valence-electron chi connectivity index (χ1n) is 10.6. The predicted octanol–water partition coefficient (Wildman–Crippen LogP) is 7.53. The van der Waals surface area contributed by atoms with Crippen molar-refractivity contribution in [2.75, 3.05) is 6.61 Å². The number of carbonyl (C=O) groups is 1. The predicted molar refractivity (Wildman–Crippen MR) is 135 cm³/mol. The van der Waals surface area contributed by atoms with Gasteiger partial charge in [0.25, 0.3) is 0 Å². The molecule has 1 heterocycles. The van der Waals surface area contributed by atoms with Crippen molar-refractivity contribution >= 4 is 45.7 Å². The van der Waals surface area contributed by atoms with Crippen LogP contribution in [0.15, 0.2) is 77.4 Å². The summed E-state index contributed by atoms with van der Waals surface area (Å²) >= 11 is 12.2. The summed E-state index contributed by atoms with van der Waals surface area (Å²) in [6.45, 7) is 4.66. The maximum atomic E-state index is 12.6. The molecule has 0 atom stereocenters. The quantitative estimate of drug-likeness (QED) is 0.278. The topological polar surface area (TPSA) is 51.5 Å². The molecule has 3 aromatic carbocycles. The van der Waals surface area contributed by atoms with Crippen molar-refractivity contribution in [1.82, 2.24) is 5.32 Å². The largest absolute Gasteiger partial charge is 0.493 e. The lowest BCUT2D eigenvalue weighted by Gasteiger charge is -2.12. The van der Waals surface area contributed by atoms with E-state index in [1.54, 1.807) is 18.4 Å². The number of rotatable bonds is 7. The Morgan fingerprint density at radius 1 is 1.09 bits per heavy atom. The molecule has 0 bridgehead atoms. The molecule has 0 radical (unpaired) electrons. The van der Waals surface area contributed by atoms with Crippen LogP contribution in [0.25, 0.3) is 27.7 Å². The van der Waals surface area contributed by atoms with Crippen LogP contribution in [0.2, 0.25) is 10.0 Å². The monoisotopic (exact) mass is 479 g/mol. The minimum atomic E-state index is -0.208. The highest BCUT2D eigenvalue weighted by Crippen LogP contribution is 2.37. The van der Waals surface area contributed by atoms with E-state index in [0.29, 0.717) is 34.5 Å². The molecular formula is C27H23Cl2NO3. The van der Waals surface area contributed by atoms with E-state index in [0.717, 1.165) is 33.2 Å². The van der Waals surface area contributed by atoms with Crippen LogP contribution in [-0.4, -0.2) is 12.5 Å². The summed E-state index contributed by atoms with van der Waals surface area (Å²) in [6, 6.07) is 18.9. The van der Waals surface area contributed by atoms with E-state index in [9.17, 15) is 4.79 Å². The molecule has 168 valence electrons. The lowest BCUT2D eigenvalue weighted by atomic mass is 9.99. The molecule has 4 rings (SSSR count). The summed E-state index contributed by atoms with van der Waals surface area (Å²) in [7, 11) is 0. The van der Waals surface area contributed by atoms with E-state index in [1.165, 1.54) is 0 Å². The number of halogens is 2. The van der Waals surface area contributed by atoms with Gasteiger partial charge in [-0.2, -0.15) is 0 Å². The number of hydrogen-bond acceptors (Lipinski definition) is 3. The Labute approximate surface area is 202 Å². The molecule has 4 nitrogen and oxygen atoms in total. The van der Waals surface area contributed by atoms with Crippen molar-refractivity contribution in [2.24, 2.45) is 0 Å². The standard InChI is InChI=1S/C27H23Cl2NO3/c1-3-32-25-14-26-22(23(16-33-26)18-8-10-20(28)11-9-18)13-21(25)17(2)12-27(31)30-15-19-6-4-5-7-24(19)29/h4-14,16H,3,15H2,1-2H3,(H,30,31)/b17-12+. The number of benzene rings is 3. The van der Waals surface area contributed by atoms with Crippen LogP contribution in [0.5, 0.6) is 5.75 Å². The molecule has 0 aliphatic heterocycles. The third kappa shape index (κ3) is 5.24. The Hall–Kier alpha value is -3.21. The minimum Gasteiger partial charge on any atom is -0.493 e. The smallest absolute Gasteiger partial charge is 0.244 e. The summed E-state index contributed by atoms with van der Waals surface area (Å²) < 4.78 is 11.7. The molecule has 0 saturated heterocycles. The van der Waals surface area contributed by atoms with Gasteiger partial charge in [-0.05, 0) is 54.8 Å². The molecular weight excluding hydrogens is 457 g/mol. The van der Waals surface area contributed by atoms with Crippen LogP contribution < -0.4 is 10.1 Å². The Morgan fingerprint density at radius 2 is 1.85 bits per heavy atom. The number of furan rings is 1. The Kier molecular flexibility index (Phi) is 7.07. The number of nitrogens with one attached hydrogen (secondary N) is 1. The molecule has 6 heteroatoms. The number of ether oxygens (including phenoxy) is 1. The highest BCUT2D eigenvalue weighted by molar-refractivity contribution is 6.31. The first kappa shape index (κ1) is 23.0. The van der Waals surface area contributed by atoms with Gasteiger partial charge in [-0.1, -0.05) is 53.5 Å². The zero-order valence-corrected chi connectivity index (χ0v) is 19.8. The van der Waals surface area contributed by atoms with Gasteiger partial charge in [0.1, 0.15) is 11.3 Å². The fraction of sp³-hybridized carbons (Fsp3) is 0.148. The number of amides is 1. The van der Waals surface area contributed by atoms with E-state index >= 15 is 0 Å². The molecule has 1 N–H and O–H groups in total. The van der Waals surface area contributed by atoms with Crippen LogP contribution in [0, 0.1) is 0 Å². The van der Waals surface area contributed by atoms with Gasteiger partial charge in [-0.3, -0.25) is 4.79 Å². The molecule has 4 aromatic rings. The SMILES string of the molecule is CCOc1cc2occ(-c3ccc(Cl)cc3)c2cc1/C(C)=C/C(=O)NCc1ccccc1Cl.